The fourth-order valence-corrected chi connectivity index (χ4v) is 3.00. The Labute approximate surface area is 144 Å². The van der Waals surface area contributed by atoms with Gasteiger partial charge < -0.3 is 14.4 Å². The van der Waals surface area contributed by atoms with Crippen LogP contribution in [0.4, 0.5) is 0 Å². The number of nitrogens with zero attached hydrogens (tertiary/aromatic N) is 4. The highest BCUT2D eigenvalue weighted by Crippen LogP contribution is 2.35. The van der Waals surface area contributed by atoms with Crippen LogP contribution in [0.5, 0.6) is 11.5 Å². The van der Waals surface area contributed by atoms with E-state index in [1.807, 2.05) is 38.1 Å². The zero-order valence-corrected chi connectivity index (χ0v) is 14.1. The molecule has 0 saturated heterocycles. The number of benzene rings is 1. The van der Waals surface area contributed by atoms with Crippen LogP contribution in [0.3, 0.4) is 0 Å². The van der Waals surface area contributed by atoms with Gasteiger partial charge in [0.1, 0.15) is 5.56 Å². The second-order valence-corrected chi connectivity index (χ2v) is 5.67. The average molecular weight is 338 g/mol. The summed E-state index contributed by atoms with van der Waals surface area (Å²) in [5.74, 6) is 1.37. The number of amides is 1. The molecule has 1 amide bonds. The minimum absolute atomic E-state index is 0.0599. The predicted molar refractivity (Wildman–Crippen MR) is 91.8 cm³/mol. The molecule has 1 aromatic carbocycles. The van der Waals surface area contributed by atoms with Gasteiger partial charge in [0.2, 0.25) is 6.79 Å². The van der Waals surface area contributed by atoms with Gasteiger partial charge in [0.15, 0.2) is 17.1 Å². The molecule has 0 N–H and O–H groups in total. The summed E-state index contributed by atoms with van der Waals surface area (Å²) in [6.07, 6.45) is 3.27. The monoisotopic (exact) mass is 338 g/mol. The third-order valence-electron chi connectivity index (χ3n) is 4.35. The van der Waals surface area contributed by atoms with Crippen molar-refractivity contribution in [2.45, 2.75) is 13.8 Å². The molecule has 0 spiro atoms. The third kappa shape index (κ3) is 2.48. The highest BCUT2D eigenvalue weighted by atomic mass is 16.7. The number of fused-ring (bicyclic) bond motifs is 2. The second kappa shape index (κ2) is 6.08. The number of hydrogen-bond donors (Lipinski definition) is 0. The van der Waals surface area contributed by atoms with Crippen LogP contribution in [0.1, 0.15) is 24.2 Å². The first-order chi connectivity index (χ1) is 12.2. The zero-order chi connectivity index (χ0) is 17.4. The molecule has 0 radical (unpaired) electrons. The van der Waals surface area contributed by atoms with Crippen LogP contribution in [0.25, 0.3) is 16.9 Å². The van der Waals surface area contributed by atoms with Crippen LogP contribution in [0.15, 0.2) is 36.7 Å². The van der Waals surface area contributed by atoms with Crippen molar-refractivity contribution in [3.8, 4) is 22.8 Å². The van der Waals surface area contributed by atoms with Crippen LogP contribution in [-0.2, 0) is 0 Å². The van der Waals surface area contributed by atoms with Crippen LogP contribution in [-0.4, -0.2) is 45.3 Å². The number of carbonyl (C=O) groups excluding carboxylic acids is 1. The maximum Gasteiger partial charge on any atom is 0.259 e. The van der Waals surface area contributed by atoms with E-state index in [2.05, 4.69) is 10.1 Å². The van der Waals surface area contributed by atoms with E-state index in [1.54, 1.807) is 21.8 Å². The Morgan fingerprint density at radius 2 is 2.00 bits per heavy atom. The Balaban J connectivity index is 1.81. The van der Waals surface area contributed by atoms with Gasteiger partial charge in [-0.15, -0.1) is 0 Å². The van der Waals surface area contributed by atoms with Crippen LogP contribution in [0, 0.1) is 0 Å². The van der Waals surface area contributed by atoms with Crippen molar-refractivity contribution in [2.24, 2.45) is 0 Å². The molecule has 4 rings (SSSR count). The first-order valence-electron chi connectivity index (χ1n) is 8.25. The Bertz CT molecular complexity index is 947. The van der Waals surface area contributed by atoms with Gasteiger partial charge >= 0.3 is 0 Å². The van der Waals surface area contributed by atoms with Crippen molar-refractivity contribution in [1.82, 2.24) is 19.5 Å². The predicted octanol–water partition coefficient (Wildman–Crippen LogP) is 2.61. The van der Waals surface area contributed by atoms with Crippen LogP contribution >= 0.6 is 0 Å². The summed E-state index contributed by atoms with van der Waals surface area (Å²) in [6.45, 7) is 5.44. The van der Waals surface area contributed by atoms with Gasteiger partial charge in [0, 0.05) is 24.8 Å². The highest BCUT2D eigenvalue weighted by molar-refractivity contribution is 5.99. The van der Waals surface area contributed by atoms with E-state index in [0.29, 0.717) is 30.0 Å². The molecule has 3 aromatic rings. The maximum absolute atomic E-state index is 12.7. The van der Waals surface area contributed by atoms with Crippen molar-refractivity contribution in [3.05, 3.63) is 42.2 Å². The standard InChI is InChI=1S/C18H18N4O3/c1-3-21(4-2)18(23)13-10-20-22-14(7-8-19-17(13)22)12-5-6-15-16(9-12)25-11-24-15/h5-10H,3-4,11H2,1-2H3. The lowest BCUT2D eigenvalue weighted by Crippen LogP contribution is -2.30. The lowest BCUT2D eigenvalue weighted by atomic mass is 10.1. The smallest absolute Gasteiger partial charge is 0.259 e. The van der Waals surface area contributed by atoms with E-state index in [-0.39, 0.29) is 12.7 Å². The van der Waals surface area contributed by atoms with E-state index < -0.39 is 0 Å². The van der Waals surface area contributed by atoms with E-state index in [0.717, 1.165) is 17.0 Å². The summed E-state index contributed by atoms with van der Waals surface area (Å²) >= 11 is 0. The minimum atomic E-state index is -0.0599. The zero-order valence-electron chi connectivity index (χ0n) is 14.1. The molecule has 1 aliphatic rings. The summed E-state index contributed by atoms with van der Waals surface area (Å²) in [5.41, 5.74) is 2.81. The van der Waals surface area contributed by atoms with Crippen LogP contribution in [0.2, 0.25) is 0 Å². The number of ether oxygens (including phenoxy) is 2. The van der Waals surface area contributed by atoms with Crippen molar-refractivity contribution >= 4 is 11.6 Å². The van der Waals surface area contributed by atoms with Gasteiger partial charge in [-0.3, -0.25) is 4.79 Å². The number of hydrogen-bond acceptors (Lipinski definition) is 5. The molecule has 2 aromatic heterocycles. The summed E-state index contributed by atoms with van der Waals surface area (Å²) in [4.78, 5) is 18.8. The van der Waals surface area contributed by atoms with Crippen molar-refractivity contribution in [3.63, 3.8) is 0 Å². The van der Waals surface area contributed by atoms with E-state index in [4.69, 9.17) is 9.47 Å². The van der Waals surface area contributed by atoms with E-state index in [1.165, 1.54) is 0 Å². The van der Waals surface area contributed by atoms with Crippen molar-refractivity contribution in [1.29, 1.82) is 0 Å². The van der Waals surface area contributed by atoms with Crippen molar-refractivity contribution < 1.29 is 14.3 Å². The first-order valence-corrected chi connectivity index (χ1v) is 8.25. The molecule has 0 fully saturated rings. The molecule has 7 heteroatoms. The SMILES string of the molecule is CCN(CC)C(=O)c1cnn2c(-c3ccc4c(c3)OCO4)ccnc12. The molecular weight excluding hydrogens is 320 g/mol. The Kier molecular flexibility index (Phi) is 3.76. The molecular formula is C18H18N4O3. The van der Waals surface area contributed by atoms with Crippen LogP contribution < -0.4 is 9.47 Å². The second-order valence-electron chi connectivity index (χ2n) is 5.67. The molecule has 0 bridgehead atoms. The topological polar surface area (TPSA) is 69.0 Å². The van der Waals surface area contributed by atoms with Gasteiger partial charge in [0.05, 0.1) is 11.9 Å². The minimum Gasteiger partial charge on any atom is -0.454 e. The summed E-state index contributed by atoms with van der Waals surface area (Å²) in [7, 11) is 0. The molecule has 0 atom stereocenters. The fourth-order valence-electron chi connectivity index (χ4n) is 3.00. The Hall–Kier alpha value is -3.09. The van der Waals surface area contributed by atoms with Crippen molar-refractivity contribution in [2.75, 3.05) is 19.9 Å². The fraction of sp³-hybridized carbons (Fsp3) is 0.278. The van der Waals surface area contributed by atoms with E-state index in [9.17, 15) is 4.79 Å². The quantitative estimate of drug-likeness (QED) is 0.731. The molecule has 0 saturated carbocycles. The van der Waals surface area contributed by atoms with Gasteiger partial charge in [0.25, 0.3) is 5.91 Å². The maximum atomic E-state index is 12.7. The summed E-state index contributed by atoms with van der Waals surface area (Å²) in [5, 5.41) is 4.40. The lowest BCUT2D eigenvalue weighted by Gasteiger charge is -2.17. The molecule has 0 unspecified atom stereocenters. The normalized spacial score (nSPS) is 12.6. The molecule has 7 nitrogen and oxygen atoms in total. The summed E-state index contributed by atoms with van der Waals surface area (Å²) in [6, 6.07) is 7.58. The summed E-state index contributed by atoms with van der Waals surface area (Å²) < 4.78 is 12.5. The molecule has 1 aliphatic heterocycles. The largest absolute Gasteiger partial charge is 0.454 e. The first kappa shape index (κ1) is 15.4. The molecule has 25 heavy (non-hydrogen) atoms. The van der Waals surface area contributed by atoms with Gasteiger partial charge in [-0.1, -0.05) is 0 Å². The Morgan fingerprint density at radius 1 is 1.20 bits per heavy atom. The van der Waals surface area contributed by atoms with E-state index >= 15 is 0 Å². The third-order valence-corrected chi connectivity index (χ3v) is 4.35. The number of aromatic nitrogens is 3. The number of carbonyl (C=O) groups is 1. The lowest BCUT2D eigenvalue weighted by molar-refractivity contribution is 0.0774. The van der Waals surface area contributed by atoms with Gasteiger partial charge in [-0.2, -0.15) is 5.10 Å². The number of rotatable bonds is 4. The average Bonchev–Trinajstić information content (AvgIpc) is 3.28. The van der Waals surface area contributed by atoms with Gasteiger partial charge in [-0.05, 0) is 38.1 Å². The highest BCUT2D eigenvalue weighted by Gasteiger charge is 2.21. The molecule has 3 heterocycles. The Morgan fingerprint density at radius 3 is 2.80 bits per heavy atom. The molecule has 128 valence electrons. The van der Waals surface area contributed by atoms with Gasteiger partial charge in [-0.25, -0.2) is 9.50 Å². The molecule has 0 aliphatic carbocycles.